The van der Waals surface area contributed by atoms with Gasteiger partial charge in [0.15, 0.2) is 0 Å². The van der Waals surface area contributed by atoms with E-state index in [1.54, 1.807) is 4.90 Å². The van der Waals surface area contributed by atoms with Crippen LogP contribution in [-0.4, -0.2) is 29.2 Å². The van der Waals surface area contributed by atoms with Crippen LogP contribution >= 0.6 is 0 Å². The highest BCUT2D eigenvalue weighted by Gasteiger charge is 2.28. The van der Waals surface area contributed by atoms with Crippen molar-refractivity contribution < 1.29 is 9.53 Å². The molecule has 3 nitrogen and oxygen atoms in total. The summed E-state index contributed by atoms with van der Waals surface area (Å²) >= 11 is 0. The van der Waals surface area contributed by atoms with Gasteiger partial charge in [-0.05, 0) is 40.5 Å². The van der Waals surface area contributed by atoms with E-state index in [1.165, 1.54) is 5.57 Å². The second-order valence-corrected chi connectivity index (χ2v) is 5.23. The molecule has 0 radical (unpaired) electrons. The van der Waals surface area contributed by atoms with Crippen LogP contribution in [0.15, 0.2) is 12.2 Å². The number of hydrogen-bond donors (Lipinski definition) is 0. The maximum Gasteiger partial charge on any atom is 0.410 e. The first kappa shape index (κ1) is 12.1. The van der Waals surface area contributed by atoms with E-state index >= 15 is 0 Å². The molecule has 1 heterocycles. The SMILES string of the molecule is C=C1CCN(C(=O)OC(C)(C)C)[C@@H](C)C1. The number of piperidine rings is 1. The molecule has 0 saturated carbocycles. The van der Waals surface area contributed by atoms with E-state index < -0.39 is 5.60 Å². The van der Waals surface area contributed by atoms with Gasteiger partial charge in [-0.15, -0.1) is 0 Å². The van der Waals surface area contributed by atoms with Gasteiger partial charge < -0.3 is 9.64 Å². The Labute approximate surface area is 92.1 Å². The minimum atomic E-state index is -0.411. The molecule has 0 aromatic rings. The highest BCUT2D eigenvalue weighted by Crippen LogP contribution is 2.22. The van der Waals surface area contributed by atoms with Crippen molar-refractivity contribution in [2.24, 2.45) is 0 Å². The van der Waals surface area contributed by atoms with E-state index in [2.05, 4.69) is 6.58 Å². The zero-order valence-electron chi connectivity index (χ0n) is 10.2. The number of likely N-dealkylation sites (tertiary alicyclic amines) is 1. The van der Waals surface area contributed by atoms with Crippen molar-refractivity contribution >= 4 is 6.09 Å². The minimum absolute atomic E-state index is 0.206. The van der Waals surface area contributed by atoms with Crippen LogP contribution in [0.25, 0.3) is 0 Å². The molecule has 15 heavy (non-hydrogen) atoms. The number of ether oxygens (including phenoxy) is 1. The van der Waals surface area contributed by atoms with Gasteiger partial charge in [0.05, 0.1) is 0 Å². The smallest absolute Gasteiger partial charge is 0.410 e. The largest absolute Gasteiger partial charge is 0.444 e. The van der Waals surface area contributed by atoms with Gasteiger partial charge in [0.25, 0.3) is 0 Å². The first-order valence-corrected chi connectivity index (χ1v) is 5.46. The first-order chi connectivity index (χ1) is 6.79. The summed E-state index contributed by atoms with van der Waals surface area (Å²) in [6.07, 6.45) is 1.57. The lowest BCUT2D eigenvalue weighted by Crippen LogP contribution is -2.45. The van der Waals surface area contributed by atoms with Crippen LogP contribution in [0.3, 0.4) is 0 Å². The summed E-state index contributed by atoms with van der Waals surface area (Å²) in [5, 5.41) is 0. The number of carbonyl (C=O) groups is 1. The third kappa shape index (κ3) is 3.57. The molecule has 0 bridgehead atoms. The number of nitrogens with zero attached hydrogens (tertiary/aromatic N) is 1. The van der Waals surface area contributed by atoms with Crippen molar-refractivity contribution in [2.45, 2.75) is 52.2 Å². The summed E-state index contributed by atoms with van der Waals surface area (Å²) < 4.78 is 5.34. The fourth-order valence-electron chi connectivity index (χ4n) is 1.72. The molecule has 86 valence electrons. The van der Waals surface area contributed by atoms with Crippen molar-refractivity contribution in [3.05, 3.63) is 12.2 Å². The number of carbonyl (C=O) groups excluding carboxylic acids is 1. The Morgan fingerprint density at radius 3 is 2.60 bits per heavy atom. The molecule has 0 spiro atoms. The van der Waals surface area contributed by atoms with Crippen LogP contribution in [0.2, 0.25) is 0 Å². The van der Waals surface area contributed by atoms with E-state index in [4.69, 9.17) is 4.74 Å². The molecule has 0 aromatic carbocycles. The molecule has 3 heteroatoms. The Bertz CT molecular complexity index is 265. The Hall–Kier alpha value is -0.990. The standard InChI is InChI=1S/C12H21NO2/c1-9-6-7-13(10(2)8-9)11(14)15-12(3,4)5/h10H,1,6-8H2,2-5H3/t10-/m0/s1. The summed E-state index contributed by atoms with van der Waals surface area (Å²) in [5.74, 6) is 0. The van der Waals surface area contributed by atoms with Crippen LogP contribution in [0.1, 0.15) is 40.5 Å². The lowest BCUT2D eigenvalue weighted by Gasteiger charge is -2.35. The predicted molar refractivity (Wildman–Crippen MR) is 60.8 cm³/mol. The fraction of sp³-hybridized carbons (Fsp3) is 0.750. The highest BCUT2D eigenvalue weighted by atomic mass is 16.6. The molecule has 0 aromatic heterocycles. The molecule has 1 aliphatic rings. The average Bonchev–Trinajstić information content (AvgIpc) is 1.99. The van der Waals surface area contributed by atoms with Gasteiger partial charge in [-0.25, -0.2) is 4.79 Å². The zero-order valence-corrected chi connectivity index (χ0v) is 10.2. The second kappa shape index (κ2) is 4.25. The topological polar surface area (TPSA) is 29.5 Å². The van der Waals surface area contributed by atoms with E-state index in [-0.39, 0.29) is 12.1 Å². The molecule has 1 fully saturated rings. The van der Waals surface area contributed by atoms with E-state index in [0.29, 0.717) is 0 Å². The van der Waals surface area contributed by atoms with Crippen molar-refractivity contribution in [3.63, 3.8) is 0 Å². The normalized spacial score (nSPS) is 22.8. The number of hydrogen-bond acceptors (Lipinski definition) is 2. The van der Waals surface area contributed by atoms with E-state index in [1.807, 2.05) is 27.7 Å². The first-order valence-electron chi connectivity index (χ1n) is 5.46. The van der Waals surface area contributed by atoms with Gasteiger partial charge in [0.2, 0.25) is 0 Å². The Morgan fingerprint density at radius 2 is 2.13 bits per heavy atom. The lowest BCUT2D eigenvalue weighted by atomic mass is 10.00. The zero-order chi connectivity index (χ0) is 11.6. The van der Waals surface area contributed by atoms with Crippen molar-refractivity contribution in [1.29, 1.82) is 0 Å². The molecule has 0 unspecified atom stereocenters. The van der Waals surface area contributed by atoms with Crippen LogP contribution in [0.4, 0.5) is 4.79 Å². The summed E-state index contributed by atoms with van der Waals surface area (Å²) in [6.45, 7) is 12.4. The fourth-order valence-corrected chi connectivity index (χ4v) is 1.72. The van der Waals surface area contributed by atoms with Crippen molar-refractivity contribution in [2.75, 3.05) is 6.54 Å². The molecule has 1 amide bonds. The summed E-state index contributed by atoms with van der Waals surface area (Å²) in [7, 11) is 0. The van der Waals surface area contributed by atoms with Crippen LogP contribution in [0.5, 0.6) is 0 Å². The Balaban J connectivity index is 2.56. The number of amides is 1. The Morgan fingerprint density at radius 1 is 1.53 bits per heavy atom. The molecule has 1 rings (SSSR count). The summed E-state index contributed by atoms with van der Waals surface area (Å²) in [6, 6.07) is 0.209. The second-order valence-electron chi connectivity index (χ2n) is 5.23. The van der Waals surface area contributed by atoms with Crippen molar-refractivity contribution in [1.82, 2.24) is 4.90 Å². The third-order valence-corrected chi connectivity index (χ3v) is 2.45. The molecule has 1 aliphatic heterocycles. The highest BCUT2D eigenvalue weighted by molar-refractivity contribution is 5.68. The maximum absolute atomic E-state index is 11.8. The quantitative estimate of drug-likeness (QED) is 0.576. The number of rotatable bonds is 0. The van der Waals surface area contributed by atoms with Gasteiger partial charge in [0.1, 0.15) is 5.60 Å². The summed E-state index contributed by atoms with van der Waals surface area (Å²) in [5.41, 5.74) is 0.813. The van der Waals surface area contributed by atoms with Crippen molar-refractivity contribution in [3.8, 4) is 0 Å². The maximum atomic E-state index is 11.8. The Kier molecular flexibility index (Phi) is 3.42. The van der Waals surface area contributed by atoms with Gasteiger partial charge >= 0.3 is 6.09 Å². The van der Waals surface area contributed by atoms with Crippen LogP contribution in [-0.2, 0) is 4.74 Å². The molecular weight excluding hydrogens is 190 g/mol. The molecule has 0 aliphatic carbocycles. The van der Waals surface area contributed by atoms with Crippen LogP contribution in [0, 0.1) is 0 Å². The third-order valence-electron chi connectivity index (χ3n) is 2.45. The molecule has 1 saturated heterocycles. The minimum Gasteiger partial charge on any atom is -0.444 e. The summed E-state index contributed by atoms with van der Waals surface area (Å²) in [4.78, 5) is 13.6. The molecular formula is C12H21NO2. The monoisotopic (exact) mass is 211 g/mol. The lowest BCUT2D eigenvalue weighted by molar-refractivity contribution is 0.0152. The van der Waals surface area contributed by atoms with E-state index in [9.17, 15) is 4.79 Å². The van der Waals surface area contributed by atoms with E-state index in [0.717, 1.165) is 19.4 Å². The average molecular weight is 211 g/mol. The van der Waals surface area contributed by atoms with Gasteiger partial charge in [-0.3, -0.25) is 0 Å². The molecule has 0 N–H and O–H groups in total. The van der Waals surface area contributed by atoms with Gasteiger partial charge in [-0.2, -0.15) is 0 Å². The van der Waals surface area contributed by atoms with Gasteiger partial charge in [-0.1, -0.05) is 12.2 Å². The van der Waals surface area contributed by atoms with Crippen LogP contribution < -0.4 is 0 Å². The molecule has 1 atom stereocenters. The predicted octanol–water partition coefficient (Wildman–Crippen LogP) is 2.96. The van der Waals surface area contributed by atoms with Gasteiger partial charge in [0, 0.05) is 12.6 Å².